The molecule has 2 rings (SSSR count). The molecule has 0 saturated carbocycles. The molecule has 0 aliphatic heterocycles. The molecule has 6 heteroatoms. The average molecular weight is 298 g/mol. The zero-order valence-electron chi connectivity index (χ0n) is 11.1. The van der Waals surface area contributed by atoms with Gasteiger partial charge in [0.25, 0.3) is 0 Å². The fraction of sp³-hybridized carbons (Fsp3) is 0.385. The number of nitrogens with one attached hydrogen (secondary N) is 1. The first-order valence-corrected chi connectivity index (χ1v) is 7.38. The summed E-state index contributed by atoms with van der Waals surface area (Å²) in [6.45, 7) is 3.89. The third kappa shape index (κ3) is 3.42. The van der Waals surface area contributed by atoms with Crippen molar-refractivity contribution in [2.45, 2.75) is 25.0 Å². The van der Waals surface area contributed by atoms with E-state index in [0.29, 0.717) is 10.8 Å². The number of aryl methyl sites for hydroxylation is 1. The van der Waals surface area contributed by atoms with Crippen molar-refractivity contribution >= 4 is 40.3 Å². The molecule has 102 valence electrons. The van der Waals surface area contributed by atoms with Crippen LogP contribution in [0.4, 0.5) is 0 Å². The topological polar surface area (TPSA) is 46.9 Å². The van der Waals surface area contributed by atoms with Crippen LogP contribution in [-0.2, 0) is 11.8 Å². The number of imidazole rings is 1. The number of halogens is 1. The molecule has 0 radical (unpaired) electrons. The van der Waals surface area contributed by atoms with Gasteiger partial charge in [-0.25, -0.2) is 4.98 Å². The van der Waals surface area contributed by atoms with E-state index in [0.717, 1.165) is 16.2 Å². The van der Waals surface area contributed by atoms with E-state index in [9.17, 15) is 4.79 Å². The third-order valence-electron chi connectivity index (χ3n) is 2.58. The van der Waals surface area contributed by atoms with Gasteiger partial charge in [-0.3, -0.25) is 4.79 Å². The van der Waals surface area contributed by atoms with Crippen molar-refractivity contribution in [3.8, 4) is 0 Å². The normalized spacial score (nSPS) is 11.2. The zero-order valence-corrected chi connectivity index (χ0v) is 12.7. The van der Waals surface area contributed by atoms with E-state index in [1.807, 2.05) is 43.7 Å². The molecule has 1 aromatic heterocycles. The molecule has 19 heavy (non-hydrogen) atoms. The summed E-state index contributed by atoms with van der Waals surface area (Å²) < 4.78 is 1.97. The largest absolute Gasteiger partial charge is 0.353 e. The molecular weight excluding hydrogens is 282 g/mol. The maximum Gasteiger partial charge on any atom is 0.230 e. The summed E-state index contributed by atoms with van der Waals surface area (Å²) in [5.41, 5.74) is 1.86. The monoisotopic (exact) mass is 297 g/mol. The molecule has 0 saturated heterocycles. The van der Waals surface area contributed by atoms with Crippen LogP contribution in [0.5, 0.6) is 0 Å². The number of rotatable bonds is 4. The quantitative estimate of drug-likeness (QED) is 0.883. The lowest BCUT2D eigenvalue weighted by atomic mass is 10.3. The SMILES string of the molecule is CC(C)NC(=O)CSc1nc2cc(Cl)ccc2n1C. The van der Waals surface area contributed by atoms with Crippen LogP contribution in [0.15, 0.2) is 23.4 Å². The average Bonchev–Trinajstić information content (AvgIpc) is 2.62. The van der Waals surface area contributed by atoms with Crippen molar-refractivity contribution in [1.82, 2.24) is 14.9 Å². The Morgan fingerprint density at radius 1 is 1.53 bits per heavy atom. The van der Waals surface area contributed by atoms with E-state index in [1.54, 1.807) is 0 Å². The fourth-order valence-corrected chi connectivity index (χ4v) is 2.74. The van der Waals surface area contributed by atoms with Crippen molar-refractivity contribution in [1.29, 1.82) is 0 Å². The maximum absolute atomic E-state index is 11.6. The van der Waals surface area contributed by atoms with Crippen molar-refractivity contribution in [2.75, 3.05) is 5.75 Å². The van der Waals surface area contributed by atoms with E-state index >= 15 is 0 Å². The first-order valence-electron chi connectivity index (χ1n) is 6.01. The van der Waals surface area contributed by atoms with Crippen molar-refractivity contribution < 1.29 is 4.79 Å². The smallest absolute Gasteiger partial charge is 0.230 e. The highest BCUT2D eigenvalue weighted by Gasteiger charge is 2.11. The lowest BCUT2D eigenvalue weighted by Gasteiger charge is -2.07. The minimum Gasteiger partial charge on any atom is -0.353 e. The summed E-state index contributed by atoms with van der Waals surface area (Å²) in [5, 5.41) is 4.34. The number of thioether (sulfide) groups is 1. The number of amides is 1. The minimum atomic E-state index is 0.0186. The Bertz CT molecular complexity index is 609. The van der Waals surface area contributed by atoms with Crippen LogP contribution in [-0.4, -0.2) is 27.3 Å². The van der Waals surface area contributed by atoms with Gasteiger partial charge in [-0.05, 0) is 32.0 Å². The number of fused-ring (bicyclic) bond motifs is 1. The van der Waals surface area contributed by atoms with E-state index in [2.05, 4.69) is 10.3 Å². The van der Waals surface area contributed by atoms with Gasteiger partial charge in [0.15, 0.2) is 5.16 Å². The molecule has 1 N–H and O–H groups in total. The molecule has 1 aromatic carbocycles. The second-order valence-electron chi connectivity index (χ2n) is 4.60. The number of hydrogen-bond acceptors (Lipinski definition) is 3. The highest BCUT2D eigenvalue weighted by Crippen LogP contribution is 2.24. The number of carbonyl (C=O) groups excluding carboxylic acids is 1. The number of hydrogen-bond donors (Lipinski definition) is 1. The molecule has 0 aliphatic carbocycles. The molecule has 0 unspecified atom stereocenters. The van der Waals surface area contributed by atoms with Gasteiger partial charge < -0.3 is 9.88 Å². The van der Waals surface area contributed by atoms with Crippen LogP contribution in [0, 0.1) is 0 Å². The molecular formula is C13H16ClN3OS. The predicted octanol–water partition coefficient (Wildman–Crippen LogP) is 2.84. The molecule has 0 fully saturated rings. The lowest BCUT2D eigenvalue weighted by Crippen LogP contribution is -2.31. The summed E-state index contributed by atoms with van der Waals surface area (Å²) in [7, 11) is 1.94. The number of carbonyl (C=O) groups is 1. The fourth-order valence-electron chi connectivity index (χ4n) is 1.77. The first-order chi connectivity index (χ1) is 8.97. The molecule has 0 aliphatic rings. The minimum absolute atomic E-state index is 0.0186. The van der Waals surface area contributed by atoms with Gasteiger partial charge in [-0.2, -0.15) is 0 Å². The molecule has 1 heterocycles. The van der Waals surface area contributed by atoms with Crippen LogP contribution in [0.25, 0.3) is 11.0 Å². The van der Waals surface area contributed by atoms with E-state index < -0.39 is 0 Å². The summed E-state index contributed by atoms with van der Waals surface area (Å²) in [6, 6.07) is 5.76. The van der Waals surface area contributed by atoms with Crippen LogP contribution in [0.3, 0.4) is 0 Å². The second kappa shape index (κ2) is 5.84. The lowest BCUT2D eigenvalue weighted by molar-refractivity contribution is -0.119. The number of benzene rings is 1. The number of nitrogens with zero attached hydrogens (tertiary/aromatic N) is 2. The van der Waals surface area contributed by atoms with Crippen LogP contribution in [0.2, 0.25) is 5.02 Å². The van der Waals surface area contributed by atoms with Gasteiger partial charge in [0.05, 0.1) is 16.8 Å². The van der Waals surface area contributed by atoms with Gasteiger partial charge >= 0.3 is 0 Å². The van der Waals surface area contributed by atoms with Gasteiger partial charge in [-0.1, -0.05) is 23.4 Å². The van der Waals surface area contributed by atoms with Crippen LogP contribution < -0.4 is 5.32 Å². The van der Waals surface area contributed by atoms with E-state index in [1.165, 1.54) is 11.8 Å². The Kier molecular flexibility index (Phi) is 4.37. The molecule has 0 spiro atoms. The zero-order chi connectivity index (χ0) is 14.0. The van der Waals surface area contributed by atoms with Gasteiger partial charge in [0.1, 0.15) is 0 Å². The Labute approximate surface area is 121 Å². The summed E-state index contributed by atoms with van der Waals surface area (Å²) >= 11 is 7.37. The standard InChI is InChI=1S/C13H16ClN3OS/c1-8(2)15-12(18)7-19-13-16-10-6-9(14)4-5-11(10)17(13)3/h4-6,8H,7H2,1-3H3,(H,15,18). The number of aromatic nitrogens is 2. The Hall–Kier alpha value is -1.20. The predicted molar refractivity (Wildman–Crippen MR) is 79.7 cm³/mol. The highest BCUT2D eigenvalue weighted by atomic mass is 35.5. The third-order valence-corrected chi connectivity index (χ3v) is 3.85. The molecule has 4 nitrogen and oxygen atoms in total. The van der Waals surface area contributed by atoms with Gasteiger partial charge in [0, 0.05) is 18.1 Å². The molecule has 2 aromatic rings. The first kappa shape index (κ1) is 14.2. The Morgan fingerprint density at radius 3 is 2.95 bits per heavy atom. The van der Waals surface area contributed by atoms with Gasteiger partial charge in [0.2, 0.25) is 5.91 Å². The maximum atomic E-state index is 11.6. The van der Waals surface area contributed by atoms with Crippen LogP contribution >= 0.6 is 23.4 Å². The van der Waals surface area contributed by atoms with Gasteiger partial charge in [-0.15, -0.1) is 0 Å². The molecule has 1 amide bonds. The Balaban J connectivity index is 2.13. The van der Waals surface area contributed by atoms with Crippen molar-refractivity contribution in [3.63, 3.8) is 0 Å². The highest BCUT2D eigenvalue weighted by molar-refractivity contribution is 7.99. The molecule has 0 atom stereocenters. The summed E-state index contributed by atoms with van der Waals surface area (Å²) in [5.74, 6) is 0.383. The van der Waals surface area contributed by atoms with Crippen molar-refractivity contribution in [3.05, 3.63) is 23.2 Å². The second-order valence-corrected chi connectivity index (χ2v) is 5.98. The summed E-state index contributed by atoms with van der Waals surface area (Å²) in [4.78, 5) is 16.1. The van der Waals surface area contributed by atoms with Crippen molar-refractivity contribution in [2.24, 2.45) is 7.05 Å². The Morgan fingerprint density at radius 2 is 2.26 bits per heavy atom. The van der Waals surface area contributed by atoms with E-state index in [-0.39, 0.29) is 11.9 Å². The van der Waals surface area contributed by atoms with Crippen LogP contribution in [0.1, 0.15) is 13.8 Å². The molecule has 0 bridgehead atoms. The summed E-state index contributed by atoms with van der Waals surface area (Å²) in [6.07, 6.45) is 0. The van der Waals surface area contributed by atoms with E-state index in [4.69, 9.17) is 11.6 Å².